The van der Waals surface area contributed by atoms with Crippen LogP contribution in [0.2, 0.25) is 0 Å². The molecule has 2 nitrogen and oxygen atoms in total. The van der Waals surface area contributed by atoms with Crippen molar-refractivity contribution in [3.8, 4) is 0 Å². The number of likely N-dealkylation sites (tertiary alicyclic amines) is 1. The van der Waals surface area contributed by atoms with E-state index in [4.69, 9.17) is 0 Å². The van der Waals surface area contributed by atoms with Crippen molar-refractivity contribution >= 4 is 0 Å². The van der Waals surface area contributed by atoms with E-state index in [1.165, 1.54) is 38.8 Å². The Labute approximate surface area is 101 Å². The minimum absolute atomic E-state index is 0.809. The van der Waals surface area contributed by atoms with Gasteiger partial charge in [0.15, 0.2) is 0 Å². The average Bonchev–Trinajstić information content (AvgIpc) is 2.18. The molecule has 94 valence electrons. The Kier molecular flexibility index (Phi) is 4.26. The maximum Gasteiger partial charge on any atom is 0.00966 e. The Morgan fingerprint density at radius 2 is 1.75 bits per heavy atom. The highest BCUT2D eigenvalue weighted by atomic mass is 15.2. The molecule has 0 aromatic heterocycles. The largest absolute Gasteiger partial charge is 0.314 e. The molecular formula is C14H28N2. The highest BCUT2D eigenvalue weighted by Crippen LogP contribution is 2.31. The summed E-state index contributed by atoms with van der Waals surface area (Å²) in [7, 11) is 0. The molecule has 1 saturated carbocycles. The van der Waals surface area contributed by atoms with Crippen molar-refractivity contribution in [3.05, 3.63) is 0 Å². The third-order valence-electron chi connectivity index (χ3n) is 4.59. The normalized spacial score (nSPS) is 33.0. The molecule has 1 saturated heterocycles. The molecule has 0 spiro atoms. The van der Waals surface area contributed by atoms with Gasteiger partial charge in [-0.15, -0.1) is 0 Å². The average molecular weight is 224 g/mol. The van der Waals surface area contributed by atoms with E-state index >= 15 is 0 Å². The van der Waals surface area contributed by atoms with E-state index in [9.17, 15) is 0 Å². The Balaban J connectivity index is 1.67. The summed E-state index contributed by atoms with van der Waals surface area (Å²) in [5, 5.41) is 3.59. The second-order valence-corrected chi connectivity index (χ2v) is 6.02. The Morgan fingerprint density at radius 3 is 2.25 bits per heavy atom. The fourth-order valence-electron chi connectivity index (χ4n) is 3.20. The molecule has 0 unspecified atom stereocenters. The summed E-state index contributed by atoms with van der Waals surface area (Å²) in [6.07, 6.45) is 5.62. The van der Waals surface area contributed by atoms with Gasteiger partial charge >= 0.3 is 0 Å². The topological polar surface area (TPSA) is 15.3 Å². The molecule has 1 N–H and O–H groups in total. The van der Waals surface area contributed by atoms with Crippen molar-refractivity contribution in [3.63, 3.8) is 0 Å². The molecule has 2 heteroatoms. The van der Waals surface area contributed by atoms with Crippen molar-refractivity contribution in [2.45, 2.75) is 58.5 Å². The number of nitrogens with one attached hydrogen (secondary N) is 1. The van der Waals surface area contributed by atoms with E-state index in [1.807, 2.05) is 0 Å². The molecule has 1 aliphatic heterocycles. The quantitative estimate of drug-likeness (QED) is 0.789. The Hall–Kier alpha value is -0.0800. The summed E-state index contributed by atoms with van der Waals surface area (Å²) in [5.74, 6) is 1.86. The second-order valence-electron chi connectivity index (χ2n) is 6.02. The van der Waals surface area contributed by atoms with E-state index in [1.54, 1.807) is 0 Å². The van der Waals surface area contributed by atoms with Gasteiger partial charge in [-0.3, -0.25) is 4.90 Å². The van der Waals surface area contributed by atoms with E-state index in [0.717, 1.165) is 30.5 Å². The molecule has 0 atom stereocenters. The summed E-state index contributed by atoms with van der Waals surface area (Å²) in [6, 6.07) is 1.72. The lowest BCUT2D eigenvalue weighted by atomic mass is 9.83. The number of hydrogen-bond donors (Lipinski definition) is 1. The first-order chi connectivity index (χ1) is 7.70. The minimum Gasteiger partial charge on any atom is -0.314 e. The lowest BCUT2D eigenvalue weighted by Crippen LogP contribution is -2.55. The third kappa shape index (κ3) is 2.78. The van der Waals surface area contributed by atoms with Crippen molar-refractivity contribution < 1.29 is 0 Å². The van der Waals surface area contributed by atoms with E-state index < -0.39 is 0 Å². The monoisotopic (exact) mass is 224 g/mol. The van der Waals surface area contributed by atoms with Gasteiger partial charge in [0.25, 0.3) is 0 Å². The van der Waals surface area contributed by atoms with Gasteiger partial charge in [-0.2, -0.15) is 0 Å². The van der Waals surface area contributed by atoms with Crippen molar-refractivity contribution in [1.82, 2.24) is 10.2 Å². The van der Waals surface area contributed by atoms with Gasteiger partial charge in [-0.1, -0.05) is 20.8 Å². The first-order valence-electron chi connectivity index (χ1n) is 7.18. The number of nitrogens with zero attached hydrogens (tertiary/aromatic N) is 1. The van der Waals surface area contributed by atoms with Crippen LogP contribution >= 0.6 is 0 Å². The molecule has 0 radical (unpaired) electrons. The molecule has 0 aromatic carbocycles. The first kappa shape index (κ1) is 12.4. The van der Waals surface area contributed by atoms with Crippen LogP contribution in [0, 0.1) is 11.8 Å². The van der Waals surface area contributed by atoms with Crippen LogP contribution in [-0.4, -0.2) is 36.6 Å². The lowest BCUT2D eigenvalue weighted by Gasteiger charge is -2.48. The summed E-state index contributed by atoms with van der Waals surface area (Å²) < 4.78 is 0. The van der Waals surface area contributed by atoms with Crippen LogP contribution in [-0.2, 0) is 0 Å². The number of hydrogen-bond acceptors (Lipinski definition) is 2. The predicted octanol–water partition coefficient (Wildman–Crippen LogP) is 2.49. The fraction of sp³-hybridized carbons (Fsp3) is 1.00. The van der Waals surface area contributed by atoms with Gasteiger partial charge in [0, 0.05) is 25.2 Å². The molecule has 2 fully saturated rings. The van der Waals surface area contributed by atoms with E-state index in [-0.39, 0.29) is 0 Å². The molecule has 1 aliphatic carbocycles. The van der Waals surface area contributed by atoms with Gasteiger partial charge in [-0.05, 0) is 44.1 Å². The summed E-state index contributed by atoms with van der Waals surface area (Å²) in [5.41, 5.74) is 0. The zero-order chi connectivity index (χ0) is 11.5. The van der Waals surface area contributed by atoms with Crippen molar-refractivity contribution in [2.75, 3.05) is 19.6 Å². The lowest BCUT2D eigenvalue weighted by molar-refractivity contribution is 0.0104. The maximum absolute atomic E-state index is 3.59. The van der Waals surface area contributed by atoms with E-state index in [0.29, 0.717) is 0 Å². The van der Waals surface area contributed by atoms with Crippen molar-refractivity contribution in [1.29, 1.82) is 0 Å². The van der Waals surface area contributed by atoms with Gasteiger partial charge in [0.2, 0.25) is 0 Å². The van der Waals surface area contributed by atoms with Crippen LogP contribution in [0.15, 0.2) is 0 Å². The molecule has 0 aromatic rings. The maximum atomic E-state index is 3.59. The zero-order valence-corrected chi connectivity index (χ0v) is 11.2. The molecule has 1 heterocycles. The van der Waals surface area contributed by atoms with Gasteiger partial charge in [-0.25, -0.2) is 0 Å². The minimum atomic E-state index is 0.809. The fourth-order valence-corrected chi connectivity index (χ4v) is 3.20. The summed E-state index contributed by atoms with van der Waals surface area (Å²) in [6.45, 7) is 10.8. The second kappa shape index (κ2) is 5.50. The van der Waals surface area contributed by atoms with Gasteiger partial charge < -0.3 is 5.32 Å². The van der Waals surface area contributed by atoms with Crippen LogP contribution in [0.5, 0.6) is 0 Å². The highest BCUT2D eigenvalue weighted by Gasteiger charge is 2.35. The van der Waals surface area contributed by atoms with Crippen LogP contribution in [0.3, 0.4) is 0 Å². The zero-order valence-electron chi connectivity index (χ0n) is 11.2. The van der Waals surface area contributed by atoms with Gasteiger partial charge in [0.1, 0.15) is 0 Å². The first-order valence-corrected chi connectivity index (χ1v) is 7.18. The van der Waals surface area contributed by atoms with Crippen LogP contribution in [0.1, 0.15) is 46.5 Å². The third-order valence-corrected chi connectivity index (χ3v) is 4.59. The molecule has 16 heavy (non-hydrogen) atoms. The molecule has 2 aliphatic rings. The van der Waals surface area contributed by atoms with E-state index in [2.05, 4.69) is 31.0 Å². The molecule has 2 rings (SSSR count). The molecule has 0 amide bonds. The van der Waals surface area contributed by atoms with Gasteiger partial charge in [0.05, 0.1) is 0 Å². The van der Waals surface area contributed by atoms with Crippen LogP contribution in [0.4, 0.5) is 0 Å². The Bertz CT molecular complexity index is 201. The SMILES string of the molecule is CCNC1CCC(N2CC(C(C)C)C2)CC1. The summed E-state index contributed by atoms with van der Waals surface area (Å²) >= 11 is 0. The van der Waals surface area contributed by atoms with Crippen molar-refractivity contribution in [2.24, 2.45) is 11.8 Å². The number of rotatable bonds is 4. The van der Waals surface area contributed by atoms with Crippen LogP contribution in [0.25, 0.3) is 0 Å². The van der Waals surface area contributed by atoms with Crippen LogP contribution < -0.4 is 5.32 Å². The standard InChI is InChI=1S/C14H28N2/c1-4-15-13-5-7-14(8-6-13)16-9-12(10-16)11(2)3/h11-15H,4-10H2,1-3H3. The highest BCUT2D eigenvalue weighted by molar-refractivity contribution is 4.90. The smallest absolute Gasteiger partial charge is 0.00966 e. The summed E-state index contributed by atoms with van der Waals surface area (Å²) in [4.78, 5) is 2.73. The molecular weight excluding hydrogens is 196 g/mol. The molecule has 0 bridgehead atoms. The Morgan fingerprint density at radius 1 is 1.12 bits per heavy atom. The predicted molar refractivity (Wildman–Crippen MR) is 69.6 cm³/mol.